The van der Waals surface area contributed by atoms with Crippen molar-refractivity contribution in [3.8, 4) is 0 Å². The molecule has 86 valence electrons. The van der Waals surface area contributed by atoms with Crippen molar-refractivity contribution in [3.63, 3.8) is 0 Å². The van der Waals surface area contributed by atoms with E-state index in [1.165, 1.54) is 0 Å². The van der Waals surface area contributed by atoms with Gasteiger partial charge in [0, 0.05) is 38.8 Å². The number of hydrogen-bond acceptors (Lipinski definition) is 5. The van der Waals surface area contributed by atoms with E-state index in [2.05, 4.69) is 16.0 Å². The fraction of sp³-hybridized carbons (Fsp3) is 0.900. The minimum atomic E-state index is -0.0504. The zero-order chi connectivity index (χ0) is 10.5. The molecule has 0 aromatic carbocycles. The zero-order valence-electron chi connectivity index (χ0n) is 8.87. The Kier molecular flexibility index (Phi) is 4.08. The molecule has 15 heavy (non-hydrogen) atoms. The standard InChI is InChI=1S/C10H19N3O2/c14-7-8(9-5-11-1-2-13-9)10-6-12-3-4-15-10/h7-13H,1-6H2. The molecule has 2 saturated heterocycles. The third kappa shape index (κ3) is 2.75. The van der Waals surface area contributed by atoms with E-state index in [0.29, 0.717) is 6.61 Å². The number of aldehydes is 1. The van der Waals surface area contributed by atoms with Gasteiger partial charge in [-0.2, -0.15) is 0 Å². The van der Waals surface area contributed by atoms with Crippen molar-refractivity contribution in [1.82, 2.24) is 16.0 Å². The first kappa shape index (κ1) is 11.0. The molecule has 0 aromatic heterocycles. The van der Waals surface area contributed by atoms with Gasteiger partial charge < -0.3 is 25.5 Å². The number of carbonyl (C=O) groups is 1. The molecule has 3 N–H and O–H groups in total. The van der Waals surface area contributed by atoms with Crippen molar-refractivity contribution in [2.45, 2.75) is 12.1 Å². The number of rotatable bonds is 3. The normalized spacial score (nSPS) is 34.7. The molecule has 0 aromatic rings. The summed E-state index contributed by atoms with van der Waals surface area (Å²) < 4.78 is 5.62. The van der Waals surface area contributed by atoms with Gasteiger partial charge in [-0.25, -0.2) is 0 Å². The molecule has 3 unspecified atom stereocenters. The fourth-order valence-electron chi connectivity index (χ4n) is 2.22. The van der Waals surface area contributed by atoms with Crippen molar-refractivity contribution in [2.24, 2.45) is 5.92 Å². The number of ether oxygens (including phenoxy) is 1. The number of carbonyl (C=O) groups excluding carboxylic acids is 1. The molecule has 3 atom stereocenters. The van der Waals surface area contributed by atoms with Crippen LogP contribution in [0.1, 0.15) is 0 Å². The first-order valence-electron chi connectivity index (χ1n) is 5.63. The van der Waals surface area contributed by atoms with Crippen molar-refractivity contribution in [3.05, 3.63) is 0 Å². The summed E-state index contributed by atoms with van der Waals surface area (Å²) in [4.78, 5) is 11.1. The molecule has 5 nitrogen and oxygen atoms in total. The molecule has 2 heterocycles. The van der Waals surface area contributed by atoms with Crippen LogP contribution >= 0.6 is 0 Å². The predicted octanol–water partition coefficient (Wildman–Crippen LogP) is -1.65. The number of morpholine rings is 1. The predicted molar refractivity (Wildman–Crippen MR) is 56.8 cm³/mol. The Morgan fingerprint density at radius 3 is 2.67 bits per heavy atom. The second-order valence-corrected chi connectivity index (χ2v) is 4.09. The van der Waals surface area contributed by atoms with Crippen LogP contribution in [0.25, 0.3) is 0 Å². The molecule has 0 aliphatic carbocycles. The van der Waals surface area contributed by atoms with E-state index in [9.17, 15) is 4.79 Å². The van der Waals surface area contributed by atoms with Gasteiger partial charge in [0.2, 0.25) is 0 Å². The van der Waals surface area contributed by atoms with Crippen molar-refractivity contribution in [2.75, 3.05) is 39.3 Å². The quantitative estimate of drug-likeness (QED) is 0.490. The Hall–Kier alpha value is -0.490. The summed E-state index contributed by atoms with van der Waals surface area (Å²) in [5, 5.41) is 9.91. The smallest absolute Gasteiger partial charge is 0.127 e. The van der Waals surface area contributed by atoms with Crippen LogP contribution < -0.4 is 16.0 Å². The van der Waals surface area contributed by atoms with Crippen molar-refractivity contribution < 1.29 is 9.53 Å². The van der Waals surface area contributed by atoms with Gasteiger partial charge >= 0.3 is 0 Å². The average Bonchev–Trinajstić information content (AvgIpc) is 2.33. The Morgan fingerprint density at radius 1 is 1.20 bits per heavy atom. The molecule has 0 bridgehead atoms. The van der Waals surface area contributed by atoms with Crippen LogP contribution in [-0.4, -0.2) is 57.8 Å². The highest BCUT2D eigenvalue weighted by Crippen LogP contribution is 2.13. The third-order valence-electron chi connectivity index (χ3n) is 3.08. The second kappa shape index (κ2) is 5.55. The first-order valence-corrected chi connectivity index (χ1v) is 5.63. The molecule has 2 rings (SSSR count). The Bertz CT molecular complexity index is 183. The molecule has 0 amide bonds. The number of nitrogens with one attached hydrogen (secondary N) is 3. The molecule has 0 spiro atoms. The lowest BCUT2D eigenvalue weighted by Crippen LogP contribution is -2.57. The van der Waals surface area contributed by atoms with Crippen LogP contribution in [0.15, 0.2) is 0 Å². The van der Waals surface area contributed by atoms with Gasteiger partial charge in [-0.1, -0.05) is 0 Å². The van der Waals surface area contributed by atoms with Crippen LogP contribution in [0, 0.1) is 5.92 Å². The topological polar surface area (TPSA) is 62.4 Å². The summed E-state index contributed by atoms with van der Waals surface area (Å²) in [6, 6.07) is 0.209. The van der Waals surface area contributed by atoms with Gasteiger partial charge in [0.15, 0.2) is 0 Å². The van der Waals surface area contributed by atoms with E-state index in [0.717, 1.165) is 39.0 Å². The second-order valence-electron chi connectivity index (χ2n) is 4.09. The van der Waals surface area contributed by atoms with E-state index in [1.54, 1.807) is 0 Å². The van der Waals surface area contributed by atoms with E-state index < -0.39 is 0 Å². The maximum atomic E-state index is 11.1. The molecule has 5 heteroatoms. The van der Waals surface area contributed by atoms with Crippen LogP contribution in [0.2, 0.25) is 0 Å². The summed E-state index contributed by atoms with van der Waals surface area (Å²) in [7, 11) is 0. The van der Waals surface area contributed by atoms with Gasteiger partial charge in [-0.05, 0) is 0 Å². The van der Waals surface area contributed by atoms with Crippen molar-refractivity contribution >= 4 is 6.29 Å². The Morgan fingerprint density at radius 2 is 2.07 bits per heavy atom. The van der Waals surface area contributed by atoms with Gasteiger partial charge in [-0.15, -0.1) is 0 Å². The lowest BCUT2D eigenvalue weighted by molar-refractivity contribution is -0.118. The number of piperazine rings is 1. The van der Waals surface area contributed by atoms with Crippen LogP contribution in [0.5, 0.6) is 0 Å². The molecule has 0 saturated carbocycles. The van der Waals surface area contributed by atoms with Crippen LogP contribution in [0.3, 0.4) is 0 Å². The summed E-state index contributed by atoms with van der Waals surface area (Å²) in [6.07, 6.45) is 1.05. The van der Waals surface area contributed by atoms with E-state index >= 15 is 0 Å². The summed E-state index contributed by atoms with van der Waals surface area (Å²) in [5.41, 5.74) is 0. The van der Waals surface area contributed by atoms with Gasteiger partial charge in [0.25, 0.3) is 0 Å². The first-order chi connectivity index (χ1) is 7.42. The largest absolute Gasteiger partial charge is 0.375 e. The van der Waals surface area contributed by atoms with E-state index in [-0.39, 0.29) is 18.1 Å². The summed E-state index contributed by atoms with van der Waals surface area (Å²) in [6.45, 7) is 5.12. The highest BCUT2D eigenvalue weighted by Gasteiger charge is 2.31. The van der Waals surface area contributed by atoms with E-state index in [4.69, 9.17) is 4.74 Å². The Balaban J connectivity index is 1.91. The van der Waals surface area contributed by atoms with Gasteiger partial charge in [0.05, 0.1) is 18.6 Å². The lowest BCUT2D eigenvalue weighted by Gasteiger charge is -2.35. The molecule has 2 aliphatic heterocycles. The monoisotopic (exact) mass is 213 g/mol. The molecule has 2 fully saturated rings. The van der Waals surface area contributed by atoms with Crippen molar-refractivity contribution in [1.29, 1.82) is 0 Å². The molecule has 2 aliphatic rings. The summed E-state index contributed by atoms with van der Waals surface area (Å²) >= 11 is 0. The minimum absolute atomic E-state index is 0.0219. The highest BCUT2D eigenvalue weighted by molar-refractivity contribution is 5.56. The molecular weight excluding hydrogens is 194 g/mol. The molecule has 0 radical (unpaired) electrons. The highest BCUT2D eigenvalue weighted by atomic mass is 16.5. The minimum Gasteiger partial charge on any atom is -0.375 e. The van der Waals surface area contributed by atoms with Crippen LogP contribution in [0.4, 0.5) is 0 Å². The Labute approximate surface area is 89.9 Å². The fourth-order valence-corrected chi connectivity index (χ4v) is 2.22. The van der Waals surface area contributed by atoms with Gasteiger partial charge in [-0.3, -0.25) is 0 Å². The van der Waals surface area contributed by atoms with E-state index in [1.807, 2.05) is 0 Å². The maximum Gasteiger partial charge on any atom is 0.127 e. The average molecular weight is 213 g/mol. The summed E-state index contributed by atoms with van der Waals surface area (Å²) in [5.74, 6) is -0.0504. The number of hydrogen-bond donors (Lipinski definition) is 3. The maximum absolute atomic E-state index is 11.1. The lowest BCUT2D eigenvalue weighted by atomic mass is 9.93. The third-order valence-corrected chi connectivity index (χ3v) is 3.08. The molecular formula is C10H19N3O2. The SMILES string of the molecule is O=CC(C1CNCCN1)C1CNCCO1. The zero-order valence-corrected chi connectivity index (χ0v) is 8.87. The van der Waals surface area contributed by atoms with Gasteiger partial charge in [0.1, 0.15) is 6.29 Å². The van der Waals surface area contributed by atoms with Crippen LogP contribution in [-0.2, 0) is 9.53 Å².